The van der Waals surface area contributed by atoms with Gasteiger partial charge in [0, 0.05) is 12.7 Å². The van der Waals surface area contributed by atoms with Crippen LogP contribution in [0.5, 0.6) is 0 Å². The number of nitrogens with two attached hydrogens (primary N) is 1. The van der Waals surface area contributed by atoms with Crippen LogP contribution < -0.4 is 11.1 Å². The van der Waals surface area contributed by atoms with E-state index in [4.69, 9.17) is 11.0 Å². The van der Waals surface area contributed by atoms with E-state index in [1.807, 2.05) is 13.0 Å². The molecule has 0 aliphatic heterocycles. The maximum atomic E-state index is 9.98. The highest BCUT2D eigenvalue weighted by Gasteiger charge is 2.19. The number of hydrogen-bond donors (Lipinski definition) is 3. The predicted molar refractivity (Wildman–Crippen MR) is 67.4 cm³/mol. The number of hydrogen-bond acceptors (Lipinski definition) is 5. The van der Waals surface area contributed by atoms with Crippen LogP contribution in [0.2, 0.25) is 0 Å². The summed E-state index contributed by atoms with van der Waals surface area (Å²) in [4.78, 5) is 4.04. The number of nitrogens with zero attached hydrogens (tertiary/aromatic N) is 2. The SMILES string of the molecule is CCCC(C)(O)CNc1ncc(C#N)cc1N. The molecule has 0 aliphatic carbocycles. The van der Waals surface area contributed by atoms with Crippen molar-refractivity contribution in [3.8, 4) is 6.07 Å². The van der Waals surface area contributed by atoms with Gasteiger partial charge in [0.15, 0.2) is 0 Å². The Labute approximate surface area is 101 Å². The molecule has 0 saturated carbocycles. The predicted octanol–water partition coefficient (Wildman–Crippen LogP) is 1.50. The molecule has 0 fully saturated rings. The molecule has 0 saturated heterocycles. The van der Waals surface area contributed by atoms with Crippen molar-refractivity contribution >= 4 is 11.5 Å². The average Bonchev–Trinajstić information content (AvgIpc) is 2.27. The van der Waals surface area contributed by atoms with E-state index in [1.165, 1.54) is 6.20 Å². The van der Waals surface area contributed by atoms with Crippen molar-refractivity contribution in [3.05, 3.63) is 17.8 Å². The molecule has 92 valence electrons. The molecule has 0 aliphatic rings. The molecule has 0 spiro atoms. The highest BCUT2D eigenvalue weighted by atomic mass is 16.3. The second-order valence-corrected chi connectivity index (χ2v) is 4.37. The van der Waals surface area contributed by atoms with Crippen LogP contribution in [0, 0.1) is 11.3 Å². The molecule has 5 nitrogen and oxygen atoms in total. The Hall–Kier alpha value is -1.80. The van der Waals surface area contributed by atoms with Crippen molar-refractivity contribution in [2.24, 2.45) is 0 Å². The second kappa shape index (κ2) is 5.51. The first-order chi connectivity index (χ1) is 7.98. The Balaban J connectivity index is 2.67. The van der Waals surface area contributed by atoms with Gasteiger partial charge in [-0.1, -0.05) is 13.3 Å². The van der Waals surface area contributed by atoms with Crippen LogP contribution in [-0.2, 0) is 0 Å². The maximum Gasteiger partial charge on any atom is 0.149 e. The number of nitrogen functional groups attached to an aromatic ring is 1. The summed E-state index contributed by atoms with van der Waals surface area (Å²) in [6, 6.07) is 3.53. The van der Waals surface area contributed by atoms with Crippen LogP contribution in [0.4, 0.5) is 11.5 Å². The van der Waals surface area contributed by atoms with Crippen LogP contribution in [0.15, 0.2) is 12.3 Å². The minimum atomic E-state index is -0.781. The number of nitriles is 1. The molecule has 1 aromatic heterocycles. The number of aliphatic hydroxyl groups is 1. The second-order valence-electron chi connectivity index (χ2n) is 4.37. The molecule has 1 rings (SSSR count). The van der Waals surface area contributed by atoms with Gasteiger partial charge in [0.1, 0.15) is 11.9 Å². The lowest BCUT2D eigenvalue weighted by molar-refractivity contribution is 0.0636. The van der Waals surface area contributed by atoms with Gasteiger partial charge in [-0.3, -0.25) is 0 Å². The lowest BCUT2D eigenvalue weighted by atomic mass is 10.0. The summed E-state index contributed by atoms with van der Waals surface area (Å²) in [5.41, 5.74) is 5.80. The Kier molecular flexibility index (Phi) is 4.30. The van der Waals surface area contributed by atoms with E-state index in [-0.39, 0.29) is 0 Å². The van der Waals surface area contributed by atoms with Gasteiger partial charge < -0.3 is 16.2 Å². The van der Waals surface area contributed by atoms with Crippen LogP contribution in [0.3, 0.4) is 0 Å². The molecule has 0 aromatic carbocycles. The van der Waals surface area contributed by atoms with Gasteiger partial charge in [0.05, 0.1) is 16.9 Å². The molecule has 4 N–H and O–H groups in total. The Morgan fingerprint density at radius 3 is 2.88 bits per heavy atom. The van der Waals surface area contributed by atoms with Crippen molar-refractivity contribution in [3.63, 3.8) is 0 Å². The van der Waals surface area contributed by atoms with Crippen LogP contribution in [0.25, 0.3) is 0 Å². The first-order valence-electron chi connectivity index (χ1n) is 5.60. The molecule has 1 unspecified atom stereocenters. The van der Waals surface area contributed by atoms with Gasteiger partial charge >= 0.3 is 0 Å². The van der Waals surface area contributed by atoms with Gasteiger partial charge in [-0.25, -0.2) is 4.98 Å². The third kappa shape index (κ3) is 3.93. The Bertz CT molecular complexity index is 423. The summed E-state index contributed by atoms with van der Waals surface area (Å²) in [5.74, 6) is 0.500. The van der Waals surface area contributed by atoms with Crippen molar-refractivity contribution in [2.45, 2.75) is 32.3 Å². The summed E-state index contributed by atoms with van der Waals surface area (Å²) < 4.78 is 0. The monoisotopic (exact) mass is 234 g/mol. The maximum absolute atomic E-state index is 9.98. The minimum absolute atomic E-state index is 0.379. The zero-order valence-corrected chi connectivity index (χ0v) is 10.2. The standard InChI is InChI=1S/C12H18N4O/c1-3-4-12(2,17)8-16-11-10(14)5-9(6-13)7-15-11/h5,7,17H,3-4,8,14H2,1-2H3,(H,15,16). The smallest absolute Gasteiger partial charge is 0.149 e. The summed E-state index contributed by atoms with van der Waals surface area (Å²) in [7, 11) is 0. The fourth-order valence-electron chi connectivity index (χ4n) is 1.59. The first kappa shape index (κ1) is 13.3. The average molecular weight is 234 g/mol. The van der Waals surface area contributed by atoms with Gasteiger partial charge in [0.2, 0.25) is 0 Å². The molecule has 1 heterocycles. The third-order valence-electron chi connectivity index (χ3n) is 2.47. The molecular weight excluding hydrogens is 216 g/mol. The highest BCUT2D eigenvalue weighted by Crippen LogP contribution is 2.18. The minimum Gasteiger partial charge on any atom is -0.396 e. The Morgan fingerprint density at radius 1 is 1.65 bits per heavy atom. The van der Waals surface area contributed by atoms with Crippen molar-refractivity contribution in [1.29, 1.82) is 5.26 Å². The van der Waals surface area contributed by atoms with Crippen molar-refractivity contribution in [1.82, 2.24) is 4.98 Å². The highest BCUT2D eigenvalue weighted by molar-refractivity contribution is 5.63. The summed E-state index contributed by atoms with van der Waals surface area (Å²) in [6.07, 6.45) is 3.06. The lowest BCUT2D eigenvalue weighted by Crippen LogP contribution is -2.33. The van der Waals surface area contributed by atoms with Gasteiger partial charge in [-0.2, -0.15) is 5.26 Å². The van der Waals surface area contributed by atoms with E-state index < -0.39 is 5.60 Å². The lowest BCUT2D eigenvalue weighted by Gasteiger charge is -2.23. The fourth-order valence-corrected chi connectivity index (χ4v) is 1.59. The van der Waals surface area contributed by atoms with E-state index in [1.54, 1.807) is 13.0 Å². The molecule has 0 bridgehead atoms. The van der Waals surface area contributed by atoms with Crippen molar-refractivity contribution < 1.29 is 5.11 Å². The van der Waals surface area contributed by atoms with E-state index >= 15 is 0 Å². The van der Waals surface area contributed by atoms with Gasteiger partial charge in [-0.15, -0.1) is 0 Å². The van der Waals surface area contributed by atoms with Gasteiger partial charge in [-0.05, 0) is 19.4 Å². The third-order valence-corrected chi connectivity index (χ3v) is 2.47. The van der Waals surface area contributed by atoms with Crippen LogP contribution in [0.1, 0.15) is 32.3 Å². The molecule has 17 heavy (non-hydrogen) atoms. The summed E-state index contributed by atoms with van der Waals surface area (Å²) in [5, 5.41) is 21.7. The first-order valence-corrected chi connectivity index (χ1v) is 5.60. The zero-order chi connectivity index (χ0) is 12.9. The van der Waals surface area contributed by atoms with E-state index in [2.05, 4.69) is 10.3 Å². The molecule has 1 atom stereocenters. The summed E-state index contributed by atoms with van der Waals surface area (Å²) >= 11 is 0. The number of rotatable bonds is 5. The normalized spacial score (nSPS) is 13.8. The molecule has 0 amide bonds. The fraction of sp³-hybridized carbons (Fsp3) is 0.500. The molecule has 1 aromatic rings. The van der Waals surface area contributed by atoms with Crippen molar-refractivity contribution in [2.75, 3.05) is 17.6 Å². The molecule has 5 heteroatoms. The summed E-state index contributed by atoms with van der Waals surface area (Å²) in [6.45, 7) is 4.16. The van der Waals surface area contributed by atoms with Crippen LogP contribution >= 0.6 is 0 Å². The molecule has 0 radical (unpaired) electrons. The van der Waals surface area contributed by atoms with Gasteiger partial charge in [0.25, 0.3) is 0 Å². The van der Waals surface area contributed by atoms with E-state index in [9.17, 15) is 5.11 Å². The topological polar surface area (TPSA) is 95.0 Å². The number of anilines is 2. The van der Waals surface area contributed by atoms with Crippen LogP contribution in [-0.4, -0.2) is 22.2 Å². The number of pyridine rings is 1. The largest absolute Gasteiger partial charge is 0.396 e. The molecular formula is C12H18N4O. The number of nitrogens with one attached hydrogen (secondary N) is 1. The number of aromatic nitrogens is 1. The van der Waals surface area contributed by atoms with E-state index in [0.717, 1.165) is 6.42 Å². The quantitative estimate of drug-likeness (QED) is 0.717. The Morgan fingerprint density at radius 2 is 2.35 bits per heavy atom. The van der Waals surface area contributed by atoms with E-state index in [0.29, 0.717) is 30.0 Å². The zero-order valence-electron chi connectivity index (χ0n) is 10.2.